The van der Waals surface area contributed by atoms with Crippen molar-refractivity contribution in [3.05, 3.63) is 30.3 Å². The van der Waals surface area contributed by atoms with Gasteiger partial charge >= 0.3 is 6.03 Å². The lowest BCUT2D eigenvalue weighted by Gasteiger charge is -2.32. The van der Waals surface area contributed by atoms with Crippen LogP contribution in [0.15, 0.2) is 30.3 Å². The molecule has 21 heavy (non-hydrogen) atoms. The van der Waals surface area contributed by atoms with Crippen molar-refractivity contribution in [1.82, 2.24) is 10.2 Å². The molecule has 0 aliphatic carbocycles. The molecule has 1 aliphatic heterocycles. The largest absolute Gasteiger partial charge is 0.494 e. The van der Waals surface area contributed by atoms with E-state index in [1.165, 1.54) is 0 Å². The van der Waals surface area contributed by atoms with Crippen LogP contribution in [-0.2, 0) is 0 Å². The molecule has 1 aromatic carbocycles. The first-order valence-electron chi connectivity index (χ1n) is 8.00. The molecule has 1 fully saturated rings. The molecule has 4 heteroatoms. The number of urea groups is 1. The molecule has 4 nitrogen and oxygen atoms in total. The van der Waals surface area contributed by atoms with Gasteiger partial charge < -0.3 is 15.0 Å². The van der Waals surface area contributed by atoms with Crippen molar-refractivity contribution in [3.8, 4) is 5.75 Å². The zero-order valence-electron chi connectivity index (χ0n) is 12.9. The van der Waals surface area contributed by atoms with Crippen LogP contribution in [0.25, 0.3) is 0 Å². The SMILES string of the molecule is CCCNC(=O)N1CCC(CCOc2ccccc2)CC1. The van der Waals surface area contributed by atoms with E-state index in [1.807, 2.05) is 35.2 Å². The molecule has 0 saturated carbocycles. The van der Waals surface area contributed by atoms with Crippen molar-refractivity contribution in [2.45, 2.75) is 32.6 Å². The fourth-order valence-electron chi connectivity index (χ4n) is 2.63. The fraction of sp³-hybridized carbons (Fsp3) is 0.588. The second kappa shape index (κ2) is 8.55. The number of hydrogen-bond donors (Lipinski definition) is 1. The predicted octanol–water partition coefficient (Wildman–Crippen LogP) is 3.29. The van der Waals surface area contributed by atoms with Gasteiger partial charge in [-0.05, 0) is 43.7 Å². The number of rotatable bonds is 6. The normalized spacial score (nSPS) is 15.8. The Kier molecular flexibility index (Phi) is 6.38. The number of benzene rings is 1. The van der Waals surface area contributed by atoms with Crippen LogP contribution < -0.4 is 10.1 Å². The van der Waals surface area contributed by atoms with E-state index < -0.39 is 0 Å². The Hall–Kier alpha value is -1.71. The Morgan fingerprint density at radius 1 is 1.29 bits per heavy atom. The van der Waals surface area contributed by atoms with E-state index in [9.17, 15) is 4.79 Å². The highest BCUT2D eigenvalue weighted by Crippen LogP contribution is 2.21. The number of para-hydroxylation sites is 1. The molecule has 0 unspecified atom stereocenters. The van der Waals surface area contributed by atoms with Crippen molar-refractivity contribution in [3.63, 3.8) is 0 Å². The maximum absolute atomic E-state index is 11.9. The van der Waals surface area contributed by atoms with Crippen molar-refractivity contribution in [2.24, 2.45) is 5.92 Å². The lowest BCUT2D eigenvalue weighted by Crippen LogP contribution is -2.44. The van der Waals surface area contributed by atoms with E-state index in [-0.39, 0.29) is 6.03 Å². The number of piperidine rings is 1. The van der Waals surface area contributed by atoms with Gasteiger partial charge in [-0.25, -0.2) is 4.79 Å². The third-order valence-corrected chi connectivity index (χ3v) is 3.97. The molecule has 1 N–H and O–H groups in total. The minimum absolute atomic E-state index is 0.0934. The second-order valence-corrected chi connectivity index (χ2v) is 5.61. The van der Waals surface area contributed by atoms with Crippen LogP contribution in [0.5, 0.6) is 5.75 Å². The Morgan fingerprint density at radius 2 is 2.00 bits per heavy atom. The second-order valence-electron chi connectivity index (χ2n) is 5.61. The van der Waals surface area contributed by atoms with Crippen LogP contribution >= 0.6 is 0 Å². The molecule has 0 bridgehead atoms. The predicted molar refractivity (Wildman–Crippen MR) is 84.5 cm³/mol. The number of carbonyl (C=O) groups is 1. The highest BCUT2D eigenvalue weighted by atomic mass is 16.5. The van der Waals surface area contributed by atoms with Gasteiger partial charge in [0.25, 0.3) is 0 Å². The first kappa shape index (κ1) is 15.7. The highest BCUT2D eigenvalue weighted by molar-refractivity contribution is 5.74. The van der Waals surface area contributed by atoms with Crippen LogP contribution in [0.2, 0.25) is 0 Å². The molecule has 2 rings (SSSR count). The van der Waals surface area contributed by atoms with E-state index in [1.54, 1.807) is 0 Å². The van der Waals surface area contributed by atoms with Gasteiger partial charge in [0.1, 0.15) is 5.75 Å². The van der Waals surface area contributed by atoms with Crippen molar-refractivity contribution in [2.75, 3.05) is 26.2 Å². The first-order chi connectivity index (χ1) is 10.3. The standard InChI is InChI=1S/C17H26N2O2/c1-2-11-18-17(20)19-12-8-15(9-13-19)10-14-21-16-6-4-3-5-7-16/h3-7,15H,2,8-14H2,1H3,(H,18,20). The van der Waals surface area contributed by atoms with Crippen LogP contribution in [-0.4, -0.2) is 37.2 Å². The number of hydrogen-bond acceptors (Lipinski definition) is 2. The van der Waals surface area contributed by atoms with Gasteiger partial charge in [0.2, 0.25) is 0 Å². The highest BCUT2D eigenvalue weighted by Gasteiger charge is 2.22. The molecule has 2 amide bonds. The van der Waals surface area contributed by atoms with Crippen molar-refractivity contribution < 1.29 is 9.53 Å². The van der Waals surface area contributed by atoms with E-state index in [2.05, 4.69) is 12.2 Å². The molecule has 116 valence electrons. The monoisotopic (exact) mass is 290 g/mol. The Balaban J connectivity index is 1.62. The summed E-state index contributed by atoms with van der Waals surface area (Å²) in [4.78, 5) is 13.8. The Bertz CT molecular complexity index is 414. The zero-order valence-corrected chi connectivity index (χ0v) is 12.9. The molecule has 0 radical (unpaired) electrons. The van der Waals surface area contributed by atoms with Gasteiger partial charge in [-0.3, -0.25) is 0 Å². The number of likely N-dealkylation sites (tertiary alicyclic amines) is 1. The number of carbonyl (C=O) groups excluding carboxylic acids is 1. The summed E-state index contributed by atoms with van der Waals surface area (Å²) in [6.07, 6.45) is 4.22. The lowest BCUT2D eigenvalue weighted by atomic mass is 9.94. The molecular weight excluding hydrogens is 264 g/mol. The summed E-state index contributed by atoms with van der Waals surface area (Å²) in [6, 6.07) is 10.0. The van der Waals surface area contributed by atoms with Gasteiger partial charge in [0.15, 0.2) is 0 Å². The van der Waals surface area contributed by atoms with Crippen LogP contribution in [0.1, 0.15) is 32.6 Å². The summed E-state index contributed by atoms with van der Waals surface area (Å²) in [7, 11) is 0. The summed E-state index contributed by atoms with van der Waals surface area (Å²) in [6.45, 7) is 5.33. The van der Waals surface area contributed by atoms with Gasteiger partial charge in [0, 0.05) is 19.6 Å². The summed E-state index contributed by atoms with van der Waals surface area (Å²) in [5.41, 5.74) is 0. The lowest BCUT2D eigenvalue weighted by molar-refractivity contribution is 0.160. The van der Waals surface area contributed by atoms with Crippen molar-refractivity contribution in [1.29, 1.82) is 0 Å². The molecule has 1 heterocycles. The van der Waals surface area contributed by atoms with E-state index >= 15 is 0 Å². The molecule has 0 spiro atoms. The average Bonchev–Trinajstić information content (AvgIpc) is 2.54. The number of nitrogens with one attached hydrogen (secondary N) is 1. The Morgan fingerprint density at radius 3 is 2.67 bits per heavy atom. The smallest absolute Gasteiger partial charge is 0.317 e. The molecule has 0 atom stereocenters. The average molecular weight is 290 g/mol. The number of amides is 2. The summed E-state index contributed by atoms with van der Waals surface area (Å²) in [5.74, 6) is 1.61. The minimum atomic E-state index is 0.0934. The molecule has 1 saturated heterocycles. The van der Waals surface area contributed by atoms with Gasteiger partial charge in [-0.2, -0.15) is 0 Å². The van der Waals surface area contributed by atoms with E-state index in [0.717, 1.165) is 57.7 Å². The van der Waals surface area contributed by atoms with Gasteiger partial charge in [-0.15, -0.1) is 0 Å². The molecule has 1 aromatic rings. The minimum Gasteiger partial charge on any atom is -0.494 e. The summed E-state index contributed by atoms with van der Waals surface area (Å²) in [5, 5.41) is 2.94. The van der Waals surface area contributed by atoms with Crippen LogP contribution in [0.3, 0.4) is 0 Å². The topological polar surface area (TPSA) is 41.6 Å². The maximum Gasteiger partial charge on any atom is 0.317 e. The van der Waals surface area contributed by atoms with Gasteiger partial charge in [-0.1, -0.05) is 25.1 Å². The quantitative estimate of drug-likeness (QED) is 0.873. The Labute approximate surface area is 127 Å². The molecular formula is C17H26N2O2. The third-order valence-electron chi connectivity index (χ3n) is 3.97. The summed E-state index contributed by atoms with van der Waals surface area (Å²) < 4.78 is 5.74. The zero-order chi connectivity index (χ0) is 14.9. The van der Waals surface area contributed by atoms with E-state index in [0.29, 0.717) is 5.92 Å². The number of nitrogens with zero attached hydrogens (tertiary/aromatic N) is 1. The van der Waals surface area contributed by atoms with Crippen LogP contribution in [0, 0.1) is 5.92 Å². The van der Waals surface area contributed by atoms with Crippen LogP contribution in [0.4, 0.5) is 4.79 Å². The van der Waals surface area contributed by atoms with E-state index in [4.69, 9.17) is 4.74 Å². The fourth-order valence-corrected chi connectivity index (χ4v) is 2.63. The molecule has 0 aromatic heterocycles. The number of ether oxygens (including phenoxy) is 1. The van der Waals surface area contributed by atoms with Gasteiger partial charge in [0.05, 0.1) is 6.61 Å². The first-order valence-corrected chi connectivity index (χ1v) is 8.00. The van der Waals surface area contributed by atoms with Crippen molar-refractivity contribution >= 4 is 6.03 Å². The maximum atomic E-state index is 11.9. The molecule has 1 aliphatic rings. The third kappa shape index (κ3) is 5.29. The summed E-state index contributed by atoms with van der Waals surface area (Å²) >= 11 is 0.